The summed E-state index contributed by atoms with van der Waals surface area (Å²) in [5.41, 5.74) is 0.660. The van der Waals surface area contributed by atoms with E-state index in [-0.39, 0.29) is 11.4 Å². The highest BCUT2D eigenvalue weighted by atomic mass is 16.1. The topological polar surface area (TPSA) is 54.0 Å². The number of rotatable bonds is 3. The molecule has 2 N–H and O–H groups in total. The molecule has 1 saturated carbocycles. The lowest BCUT2D eigenvalue weighted by Gasteiger charge is -2.39. The van der Waals surface area contributed by atoms with Crippen LogP contribution in [0.5, 0.6) is 0 Å². The van der Waals surface area contributed by atoms with Crippen LogP contribution < -0.4 is 10.6 Å². The Labute approximate surface area is 95.5 Å². The molecule has 0 saturated heterocycles. The van der Waals surface area contributed by atoms with Gasteiger partial charge in [-0.3, -0.25) is 4.79 Å². The first kappa shape index (κ1) is 10.9. The standard InChI is InChI=1S/C12H17N3O/c1-12(5-3-6-12)15-11(16)9-4-7-14-10(8-9)13-2/h4,7-8H,3,5-6H2,1-2H3,(H,13,14)(H,15,16). The summed E-state index contributed by atoms with van der Waals surface area (Å²) in [4.78, 5) is 16.0. The number of hydrogen-bond acceptors (Lipinski definition) is 3. The maximum atomic E-state index is 12.0. The smallest absolute Gasteiger partial charge is 0.251 e. The van der Waals surface area contributed by atoms with Crippen LogP contribution in [0.15, 0.2) is 18.3 Å². The third-order valence-corrected chi connectivity index (χ3v) is 3.15. The number of nitrogens with one attached hydrogen (secondary N) is 2. The molecular formula is C12H17N3O. The van der Waals surface area contributed by atoms with Crippen molar-refractivity contribution in [2.45, 2.75) is 31.7 Å². The molecule has 4 nitrogen and oxygen atoms in total. The minimum absolute atomic E-state index is 0.000159. The first-order valence-electron chi connectivity index (χ1n) is 5.59. The number of aromatic nitrogens is 1. The molecule has 1 aliphatic carbocycles. The van der Waals surface area contributed by atoms with E-state index in [1.165, 1.54) is 6.42 Å². The molecule has 0 radical (unpaired) electrons. The van der Waals surface area contributed by atoms with E-state index < -0.39 is 0 Å². The molecule has 0 spiro atoms. The fourth-order valence-corrected chi connectivity index (χ4v) is 1.89. The zero-order valence-electron chi connectivity index (χ0n) is 9.71. The summed E-state index contributed by atoms with van der Waals surface area (Å²) in [7, 11) is 1.79. The van der Waals surface area contributed by atoms with E-state index >= 15 is 0 Å². The van der Waals surface area contributed by atoms with Crippen LogP contribution in [0, 0.1) is 0 Å². The highest BCUT2D eigenvalue weighted by molar-refractivity contribution is 5.95. The molecule has 0 aromatic carbocycles. The van der Waals surface area contributed by atoms with E-state index in [9.17, 15) is 4.79 Å². The lowest BCUT2D eigenvalue weighted by atomic mass is 9.78. The highest BCUT2D eigenvalue weighted by Crippen LogP contribution is 2.31. The van der Waals surface area contributed by atoms with Gasteiger partial charge in [0.25, 0.3) is 5.91 Å². The average Bonchev–Trinajstić information content (AvgIpc) is 2.27. The predicted octanol–water partition coefficient (Wildman–Crippen LogP) is 1.80. The van der Waals surface area contributed by atoms with Crippen molar-refractivity contribution in [3.05, 3.63) is 23.9 Å². The second-order valence-electron chi connectivity index (χ2n) is 4.55. The Morgan fingerprint density at radius 1 is 1.50 bits per heavy atom. The van der Waals surface area contributed by atoms with Gasteiger partial charge in [0, 0.05) is 24.3 Å². The summed E-state index contributed by atoms with van der Waals surface area (Å²) < 4.78 is 0. The van der Waals surface area contributed by atoms with Gasteiger partial charge in [0.15, 0.2) is 0 Å². The van der Waals surface area contributed by atoms with Crippen molar-refractivity contribution >= 4 is 11.7 Å². The van der Waals surface area contributed by atoms with Gasteiger partial charge in [0.05, 0.1) is 0 Å². The third-order valence-electron chi connectivity index (χ3n) is 3.15. The van der Waals surface area contributed by atoms with Crippen molar-refractivity contribution in [1.29, 1.82) is 0 Å². The summed E-state index contributed by atoms with van der Waals surface area (Å²) in [6.45, 7) is 2.09. The van der Waals surface area contributed by atoms with E-state index in [0.717, 1.165) is 12.8 Å². The summed E-state index contributed by atoms with van der Waals surface area (Å²) in [6.07, 6.45) is 4.99. The van der Waals surface area contributed by atoms with Crippen LogP contribution in [-0.4, -0.2) is 23.5 Å². The van der Waals surface area contributed by atoms with E-state index in [1.807, 2.05) is 0 Å². The molecule has 0 bridgehead atoms. The van der Waals surface area contributed by atoms with Gasteiger partial charge in [0.2, 0.25) is 0 Å². The number of anilines is 1. The first-order chi connectivity index (χ1) is 7.63. The Bertz CT molecular complexity index is 399. The van der Waals surface area contributed by atoms with Gasteiger partial charge in [-0.05, 0) is 38.3 Å². The van der Waals surface area contributed by atoms with Gasteiger partial charge < -0.3 is 10.6 Å². The minimum Gasteiger partial charge on any atom is -0.373 e. The van der Waals surface area contributed by atoms with Gasteiger partial charge in [-0.1, -0.05) is 0 Å². The van der Waals surface area contributed by atoms with Crippen LogP contribution in [0.2, 0.25) is 0 Å². The minimum atomic E-state index is -0.0129. The third kappa shape index (κ3) is 2.15. The molecule has 86 valence electrons. The highest BCUT2D eigenvalue weighted by Gasteiger charge is 2.33. The van der Waals surface area contributed by atoms with Gasteiger partial charge in [0.1, 0.15) is 5.82 Å². The molecule has 1 aromatic rings. The van der Waals surface area contributed by atoms with E-state index in [1.54, 1.807) is 25.4 Å². The molecule has 0 atom stereocenters. The van der Waals surface area contributed by atoms with Crippen molar-refractivity contribution in [1.82, 2.24) is 10.3 Å². The lowest BCUT2D eigenvalue weighted by Crippen LogP contribution is -2.50. The van der Waals surface area contributed by atoms with Crippen molar-refractivity contribution < 1.29 is 4.79 Å². The Kier molecular flexibility index (Phi) is 2.81. The molecule has 2 rings (SSSR count). The fourth-order valence-electron chi connectivity index (χ4n) is 1.89. The zero-order chi connectivity index (χ0) is 11.6. The van der Waals surface area contributed by atoms with Crippen LogP contribution in [0.3, 0.4) is 0 Å². The van der Waals surface area contributed by atoms with Crippen molar-refractivity contribution in [3.8, 4) is 0 Å². The second-order valence-corrected chi connectivity index (χ2v) is 4.55. The van der Waals surface area contributed by atoms with Gasteiger partial charge in [-0.15, -0.1) is 0 Å². The maximum Gasteiger partial charge on any atom is 0.251 e. The number of carbonyl (C=O) groups excluding carboxylic acids is 1. The summed E-state index contributed by atoms with van der Waals surface area (Å²) in [6, 6.07) is 3.50. The largest absolute Gasteiger partial charge is 0.373 e. The number of carbonyl (C=O) groups is 1. The summed E-state index contributed by atoms with van der Waals surface area (Å²) in [5, 5.41) is 5.99. The molecular weight excluding hydrogens is 202 g/mol. The van der Waals surface area contributed by atoms with Gasteiger partial charge >= 0.3 is 0 Å². The van der Waals surface area contributed by atoms with Crippen molar-refractivity contribution in [2.24, 2.45) is 0 Å². The van der Waals surface area contributed by atoms with Crippen LogP contribution >= 0.6 is 0 Å². The van der Waals surface area contributed by atoms with Crippen molar-refractivity contribution in [2.75, 3.05) is 12.4 Å². The molecule has 0 aliphatic heterocycles. The fraction of sp³-hybridized carbons (Fsp3) is 0.500. The van der Waals surface area contributed by atoms with Gasteiger partial charge in [-0.25, -0.2) is 4.98 Å². The molecule has 1 amide bonds. The Morgan fingerprint density at radius 2 is 2.25 bits per heavy atom. The number of amides is 1. The quantitative estimate of drug-likeness (QED) is 0.815. The Balaban J connectivity index is 2.08. The summed E-state index contributed by atoms with van der Waals surface area (Å²) >= 11 is 0. The average molecular weight is 219 g/mol. The summed E-state index contributed by atoms with van der Waals surface area (Å²) in [5.74, 6) is 0.701. The molecule has 4 heteroatoms. The van der Waals surface area contributed by atoms with Crippen LogP contribution in [0.1, 0.15) is 36.5 Å². The second kappa shape index (κ2) is 4.12. The van der Waals surface area contributed by atoms with Crippen LogP contribution in [-0.2, 0) is 0 Å². The molecule has 0 unspecified atom stereocenters. The normalized spacial score (nSPS) is 17.4. The number of nitrogens with zero attached hydrogens (tertiary/aromatic N) is 1. The lowest BCUT2D eigenvalue weighted by molar-refractivity contribution is 0.0850. The predicted molar refractivity (Wildman–Crippen MR) is 63.5 cm³/mol. The molecule has 1 aromatic heterocycles. The molecule has 1 aliphatic rings. The monoisotopic (exact) mass is 219 g/mol. The van der Waals surface area contributed by atoms with E-state index in [4.69, 9.17) is 0 Å². The number of hydrogen-bond donors (Lipinski definition) is 2. The SMILES string of the molecule is CNc1cc(C(=O)NC2(C)CCC2)ccn1. The van der Waals surface area contributed by atoms with Gasteiger partial charge in [-0.2, -0.15) is 0 Å². The van der Waals surface area contributed by atoms with E-state index in [0.29, 0.717) is 11.4 Å². The number of pyridine rings is 1. The zero-order valence-corrected chi connectivity index (χ0v) is 9.71. The molecule has 1 fully saturated rings. The molecule has 16 heavy (non-hydrogen) atoms. The van der Waals surface area contributed by atoms with Crippen LogP contribution in [0.25, 0.3) is 0 Å². The Morgan fingerprint density at radius 3 is 2.81 bits per heavy atom. The molecule has 1 heterocycles. The maximum absolute atomic E-state index is 12.0. The first-order valence-corrected chi connectivity index (χ1v) is 5.59. The van der Waals surface area contributed by atoms with Crippen molar-refractivity contribution in [3.63, 3.8) is 0 Å². The van der Waals surface area contributed by atoms with E-state index in [2.05, 4.69) is 22.5 Å². The Hall–Kier alpha value is -1.58. The van der Waals surface area contributed by atoms with Crippen LogP contribution in [0.4, 0.5) is 5.82 Å².